The first-order valence-corrected chi connectivity index (χ1v) is 6.17. The second kappa shape index (κ2) is 6.67. The Hall–Kier alpha value is -2.18. The van der Waals surface area contributed by atoms with Crippen LogP contribution in [0.4, 0.5) is 5.69 Å². The van der Waals surface area contributed by atoms with Crippen LogP contribution in [0.25, 0.3) is 0 Å². The quantitative estimate of drug-likeness (QED) is 0.669. The van der Waals surface area contributed by atoms with Crippen LogP contribution in [0.2, 0.25) is 5.15 Å². The van der Waals surface area contributed by atoms with Gasteiger partial charge in [0.2, 0.25) is 0 Å². The van der Waals surface area contributed by atoms with E-state index >= 15 is 0 Å². The first-order chi connectivity index (χ1) is 9.29. The Morgan fingerprint density at radius 3 is 2.84 bits per heavy atom. The molecule has 4 heteroatoms. The molecule has 0 fully saturated rings. The van der Waals surface area contributed by atoms with Crippen molar-refractivity contribution in [2.75, 3.05) is 11.9 Å². The van der Waals surface area contributed by atoms with Crippen molar-refractivity contribution in [1.82, 2.24) is 4.98 Å². The zero-order chi connectivity index (χ0) is 13.5. The highest BCUT2D eigenvalue weighted by Gasteiger charge is 2.02. The molecule has 0 spiro atoms. The lowest BCUT2D eigenvalue weighted by Crippen LogP contribution is -2.03. The molecule has 2 aromatic rings. The molecule has 0 aliphatic rings. The van der Waals surface area contributed by atoms with Crippen molar-refractivity contribution < 1.29 is 4.74 Å². The number of nitrogens with one attached hydrogen (secondary N) is 1. The third-order valence-electron chi connectivity index (χ3n) is 2.49. The van der Waals surface area contributed by atoms with Gasteiger partial charge in [-0.2, -0.15) is 0 Å². The Balaban J connectivity index is 2.03. The van der Waals surface area contributed by atoms with E-state index in [0.717, 1.165) is 17.0 Å². The summed E-state index contributed by atoms with van der Waals surface area (Å²) in [5.41, 5.74) is 1.93. The minimum atomic E-state index is 0.263. The van der Waals surface area contributed by atoms with Crippen molar-refractivity contribution in [2.24, 2.45) is 0 Å². The first kappa shape index (κ1) is 13.3. The molecule has 1 heterocycles. The van der Waals surface area contributed by atoms with E-state index in [1.807, 2.05) is 30.3 Å². The van der Waals surface area contributed by atoms with Gasteiger partial charge in [-0.15, -0.1) is 6.42 Å². The minimum absolute atomic E-state index is 0.263. The number of halogens is 1. The number of anilines is 1. The minimum Gasteiger partial charge on any atom is -0.481 e. The fourth-order valence-electron chi connectivity index (χ4n) is 1.59. The molecule has 19 heavy (non-hydrogen) atoms. The molecule has 1 aromatic heterocycles. The third-order valence-corrected chi connectivity index (χ3v) is 2.72. The highest BCUT2D eigenvalue weighted by Crippen LogP contribution is 2.19. The van der Waals surface area contributed by atoms with Gasteiger partial charge in [0.1, 0.15) is 17.5 Å². The Morgan fingerprint density at radius 1 is 1.26 bits per heavy atom. The SMILES string of the molecule is C#CCOc1ccccc1CNc1ccc(Cl)nc1. The number of aromatic nitrogens is 1. The lowest BCUT2D eigenvalue weighted by atomic mass is 10.2. The molecule has 0 bridgehead atoms. The van der Waals surface area contributed by atoms with E-state index in [2.05, 4.69) is 16.2 Å². The molecule has 0 aliphatic heterocycles. The van der Waals surface area contributed by atoms with Crippen LogP contribution in [-0.4, -0.2) is 11.6 Å². The van der Waals surface area contributed by atoms with Crippen LogP contribution in [0.3, 0.4) is 0 Å². The molecule has 0 amide bonds. The second-order valence-corrected chi connectivity index (χ2v) is 4.21. The van der Waals surface area contributed by atoms with Crippen LogP contribution >= 0.6 is 11.6 Å². The molecule has 0 radical (unpaired) electrons. The van der Waals surface area contributed by atoms with Crippen molar-refractivity contribution in [3.63, 3.8) is 0 Å². The smallest absolute Gasteiger partial charge is 0.148 e. The van der Waals surface area contributed by atoms with Gasteiger partial charge in [-0.3, -0.25) is 0 Å². The fraction of sp³-hybridized carbons (Fsp3) is 0.133. The molecule has 3 nitrogen and oxygen atoms in total. The molecule has 1 aromatic carbocycles. The lowest BCUT2D eigenvalue weighted by Gasteiger charge is -2.11. The summed E-state index contributed by atoms with van der Waals surface area (Å²) in [6, 6.07) is 11.4. The Labute approximate surface area is 117 Å². The Kier molecular flexibility index (Phi) is 4.66. The van der Waals surface area contributed by atoms with Crippen molar-refractivity contribution in [3.05, 3.63) is 53.3 Å². The fourth-order valence-corrected chi connectivity index (χ4v) is 1.70. The number of hydrogen-bond acceptors (Lipinski definition) is 3. The lowest BCUT2D eigenvalue weighted by molar-refractivity contribution is 0.366. The van der Waals surface area contributed by atoms with E-state index in [1.165, 1.54) is 0 Å². The summed E-state index contributed by atoms with van der Waals surface area (Å²) in [6.07, 6.45) is 6.88. The van der Waals surface area contributed by atoms with Crippen molar-refractivity contribution in [3.8, 4) is 18.1 Å². The van der Waals surface area contributed by atoms with Crippen molar-refractivity contribution in [1.29, 1.82) is 0 Å². The number of nitrogens with zero attached hydrogens (tertiary/aromatic N) is 1. The van der Waals surface area contributed by atoms with Gasteiger partial charge in [-0.25, -0.2) is 4.98 Å². The van der Waals surface area contributed by atoms with Crippen LogP contribution in [0.1, 0.15) is 5.56 Å². The summed E-state index contributed by atoms with van der Waals surface area (Å²) >= 11 is 5.73. The van der Waals surface area contributed by atoms with Crippen molar-refractivity contribution >= 4 is 17.3 Å². The number of ether oxygens (including phenoxy) is 1. The van der Waals surface area contributed by atoms with E-state index in [-0.39, 0.29) is 6.61 Å². The van der Waals surface area contributed by atoms with Crippen LogP contribution in [0.5, 0.6) is 5.75 Å². The topological polar surface area (TPSA) is 34.1 Å². The molecular formula is C15H13ClN2O. The normalized spacial score (nSPS) is 9.68. The van der Waals surface area contributed by atoms with Crippen molar-refractivity contribution in [2.45, 2.75) is 6.54 Å². The van der Waals surface area contributed by atoms with E-state index in [1.54, 1.807) is 12.3 Å². The molecule has 96 valence electrons. The van der Waals surface area contributed by atoms with Gasteiger partial charge >= 0.3 is 0 Å². The average molecular weight is 273 g/mol. The average Bonchev–Trinajstić information content (AvgIpc) is 2.45. The van der Waals surface area contributed by atoms with Gasteiger partial charge < -0.3 is 10.1 Å². The van der Waals surface area contributed by atoms with E-state index in [9.17, 15) is 0 Å². The monoisotopic (exact) mass is 272 g/mol. The molecule has 0 unspecified atom stereocenters. The summed E-state index contributed by atoms with van der Waals surface area (Å²) in [6.45, 7) is 0.892. The maximum atomic E-state index is 5.73. The van der Waals surface area contributed by atoms with Crippen LogP contribution in [0, 0.1) is 12.3 Å². The maximum absolute atomic E-state index is 5.73. The molecule has 0 saturated carbocycles. The summed E-state index contributed by atoms with van der Waals surface area (Å²) in [7, 11) is 0. The van der Waals surface area contributed by atoms with Gasteiger partial charge in [-0.1, -0.05) is 35.7 Å². The highest BCUT2D eigenvalue weighted by molar-refractivity contribution is 6.29. The summed E-state index contributed by atoms with van der Waals surface area (Å²) in [4.78, 5) is 4.01. The van der Waals surface area contributed by atoms with Gasteiger partial charge in [0.05, 0.1) is 11.9 Å². The summed E-state index contributed by atoms with van der Waals surface area (Å²) in [5.74, 6) is 3.24. The van der Waals surface area contributed by atoms with E-state index < -0.39 is 0 Å². The molecule has 0 saturated heterocycles. The molecule has 0 aliphatic carbocycles. The predicted octanol–water partition coefficient (Wildman–Crippen LogP) is 3.36. The highest BCUT2D eigenvalue weighted by atomic mass is 35.5. The van der Waals surface area contributed by atoms with Gasteiger partial charge in [0.25, 0.3) is 0 Å². The maximum Gasteiger partial charge on any atom is 0.148 e. The number of hydrogen-bond donors (Lipinski definition) is 1. The van der Waals surface area contributed by atoms with Gasteiger partial charge in [0.15, 0.2) is 0 Å². The first-order valence-electron chi connectivity index (χ1n) is 5.79. The standard InChI is InChI=1S/C15H13ClN2O/c1-2-9-19-14-6-4-3-5-12(14)10-17-13-7-8-15(16)18-11-13/h1,3-8,11,17H,9-10H2. The van der Waals surface area contributed by atoms with Crippen LogP contribution < -0.4 is 10.1 Å². The summed E-state index contributed by atoms with van der Waals surface area (Å²) < 4.78 is 5.48. The zero-order valence-corrected chi connectivity index (χ0v) is 11.0. The number of pyridine rings is 1. The second-order valence-electron chi connectivity index (χ2n) is 3.82. The van der Waals surface area contributed by atoms with Crippen LogP contribution in [-0.2, 0) is 6.54 Å². The largest absolute Gasteiger partial charge is 0.481 e. The number of benzene rings is 1. The van der Waals surface area contributed by atoms with Gasteiger partial charge in [-0.05, 0) is 18.2 Å². The van der Waals surface area contributed by atoms with E-state index in [0.29, 0.717) is 11.7 Å². The molecule has 0 atom stereocenters. The number of terminal acetylenes is 1. The molecule has 2 rings (SSSR count). The number of para-hydroxylation sites is 1. The Bertz CT molecular complexity index is 575. The zero-order valence-electron chi connectivity index (χ0n) is 10.3. The van der Waals surface area contributed by atoms with Crippen LogP contribution in [0.15, 0.2) is 42.6 Å². The number of rotatable bonds is 5. The predicted molar refractivity (Wildman–Crippen MR) is 77.3 cm³/mol. The third kappa shape index (κ3) is 3.90. The molecular weight excluding hydrogens is 260 g/mol. The van der Waals surface area contributed by atoms with Gasteiger partial charge in [0, 0.05) is 12.1 Å². The van der Waals surface area contributed by atoms with E-state index in [4.69, 9.17) is 22.8 Å². The molecule has 1 N–H and O–H groups in total. The Morgan fingerprint density at radius 2 is 2.11 bits per heavy atom. The summed E-state index contributed by atoms with van der Waals surface area (Å²) in [5, 5.41) is 3.73.